The number of sulfone groups is 1. The highest BCUT2D eigenvalue weighted by Crippen LogP contribution is 2.40. The summed E-state index contributed by atoms with van der Waals surface area (Å²) in [4.78, 5) is 2.80. The zero-order chi connectivity index (χ0) is 14.2. The molecule has 0 unspecified atom stereocenters. The fourth-order valence-electron chi connectivity index (χ4n) is 3.42. The summed E-state index contributed by atoms with van der Waals surface area (Å²) < 4.78 is 23.0. The van der Waals surface area contributed by atoms with E-state index in [1.54, 1.807) is 12.1 Å². The first kappa shape index (κ1) is 13.9. The molecule has 20 heavy (non-hydrogen) atoms. The van der Waals surface area contributed by atoms with Gasteiger partial charge in [0.05, 0.1) is 4.90 Å². The second-order valence-electron chi connectivity index (χ2n) is 6.19. The average Bonchev–Trinajstić information content (AvgIpc) is 2.83. The van der Waals surface area contributed by atoms with Crippen LogP contribution in [0.4, 0.5) is 5.69 Å². The van der Waals surface area contributed by atoms with Gasteiger partial charge in [-0.3, -0.25) is 0 Å². The van der Waals surface area contributed by atoms with E-state index in [1.807, 2.05) is 12.1 Å². The Labute approximate surface area is 121 Å². The van der Waals surface area contributed by atoms with Crippen LogP contribution in [0.3, 0.4) is 0 Å². The van der Waals surface area contributed by atoms with Gasteiger partial charge in [-0.15, -0.1) is 0 Å². The minimum Gasteiger partial charge on any atom is -0.371 e. The molecule has 1 spiro atoms. The standard InChI is InChI=1S/C15H22N2O2S/c1-20(18,19)14-4-2-13(3-5-14)17-11-8-15(12-17)6-9-16-10-7-15/h2-5,16H,6-12H2,1H3. The van der Waals surface area contributed by atoms with Gasteiger partial charge < -0.3 is 10.2 Å². The Balaban J connectivity index is 1.74. The van der Waals surface area contributed by atoms with Gasteiger partial charge in [0, 0.05) is 25.0 Å². The van der Waals surface area contributed by atoms with Crippen molar-refractivity contribution < 1.29 is 8.42 Å². The molecular weight excluding hydrogens is 272 g/mol. The molecule has 0 radical (unpaired) electrons. The lowest BCUT2D eigenvalue weighted by molar-refractivity contribution is 0.232. The van der Waals surface area contributed by atoms with Crippen LogP contribution in [0, 0.1) is 5.41 Å². The fraction of sp³-hybridized carbons (Fsp3) is 0.600. The van der Waals surface area contributed by atoms with Gasteiger partial charge in [-0.2, -0.15) is 0 Å². The quantitative estimate of drug-likeness (QED) is 0.901. The predicted molar refractivity (Wildman–Crippen MR) is 80.9 cm³/mol. The molecule has 1 N–H and O–H groups in total. The number of piperidine rings is 1. The van der Waals surface area contributed by atoms with Gasteiger partial charge in [0.15, 0.2) is 9.84 Å². The van der Waals surface area contributed by atoms with E-state index in [1.165, 1.54) is 25.5 Å². The highest BCUT2D eigenvalue weighted by Gasteiger charge is 2.38. The van der Waals surface area contributed by atoms with Crippen molar-refractivity contribution in [3.63, 3.8) is 0 Å². The largest absolute Gasteiger partial charge is 0.371 e. The second-order valence-corrected chi connectivity index (χ2v) is 8.20. The molecule has 0 aliphatic carbocycles. The Morgan fingerprint density at radius 3 is 2.35 bits per heavy atom. The molecule has 0 saturated carbocycles. The lowest BCUT2D eigenvalue weighted by Crippen LogP contribution is -2.38. The van der Waals surface area contributed by atoms with E-state index in [-0.39, 0.29) is 0 Å². The molecule has 3 rings (SSSR count). The minimum absolute atomic E-state index is 0.400. The molecule has 0 atom stereocenters. The molecule has 2 fully saturated rings. The van der Waals surface area contributed by atoms with Crippen molar-refractivity contribution in [2.24, 2.45) is 5.41 Å². The molecule has 2 heterocycles. The van der Waals surface area contributed by atoms with Crippen molar-refractivity contribution in [3.8, 4) is 0 Å². The molecule has 2 saturated heterocycles. The zero-order valence-corrected chi connectivity index (χ0v) is 12.7. The molecule has 110 valence electrons. The van der Waals surface area contributed by atoms with Crippen LogP contribution in [-0.2, 0) is 9.84 Å². The lowest BCUT2D eigenvalue weighted by atomic mass is 9.78. The van der Waals surface area contributed by atoms with Crippen LogP contribution in [-0.4, -0.2) is 40.9 Å². The molecule has 4 nitrogen and oxygen atoms in total. The molecule has 0 amide bonds. The average molecular weight is 294 g/mol. The fourth-order valence-corrected chi connectivity index (χ4v) is 4.06. The van der Waals surface area contributed by atoms with Gasteiger partial charge in [0.2, 0.25) is 0 Å². The summed E-state index contributed by atoms with van der Waals surface area (Å²) in [7, 11) is -3.10. The third-order valence-corrected chi connectivity index (χ3v) is 5.86. The van der Waals surface area contributed by atoms with Crippen LogP contribution < -0.4 is 10.2 Å². The number of hydrogen-bond donors (Lipinski definition) is 1. The Hall–Kier alpha value is -1.07. The van der Waals surface area contributed by atoms with Crippen LogP contribution in [0.25, 0.3) is 0 Å². The number of rotatable bonds is 2. The van der Waals surface area contributed by atoms with Crippen LogP contribution in [0.1, 0.15) is 19.3 Å². The monoisotopic (exact) mass is 294 g/mol. The maximum absolute atomic E-state index is 11.5. The Bertz CT molecular complexity index is 574. The molecule has 1 aromatic rings. The summed E-state index contributed by atoms with van der Waals surface area (Å²) in [6.45, 7) is 4.44. The van der Waals surface area contributed by atoms with Gasteiger partial charge in [0.25, 0.3) is 0 Å². The Morgan fingerprint density at radius 1 is 1.10 bits per heavy atom. The maximum Gasteiger partial charge on any atom is 0.175 e. The summed E-state index contributed by atoms with van der Waals surface area (Å²) in [5, 5.41) is 3.43. The van der Waals surface area contributed by atoms with E-state index in [9.17, 15) is 8.42 Å². The lowest BCUT2D eigenvalue weighted by Gasteiger charge is -2.34. The molecular formula is C15H22N2O2S. The van der Waals surface area contributed by atoms with E-state index in [2.05, 4.69) is 10.2 Å². The molecule has 0 bridgehead atoms. The van der Waals surface area contributed by atoms with E-state index in [0.29, 0.717) is 10.3 Å². The number of nitrogens with one attached hydrogen (secondary N) is 1. The summed E-state index contributed by atoms with van der Waals surface area (Å²) in [5.41, 5.74) is 1.62. The number of nitrogens with zero attached hydrogens (tertiary/aromatic N) is 1. The van der Waals surface area contributed by atoms with Crippen molar-refractivity contribution in [1.82, 2.24) is 5.32 Å². The molecule has 2 aliphatic heterocycles. The predicted octanol–water partition coefficient (Wildman–Crippen LogP) is 1.67. The number of hydrogen-bond acceptors (Lipinski definition) is 4. The Kier molecular flexibility index (Phi) is 3.50. The normalized spacial score (nSPS) is 22.4. The van der Waals surface area contributed by atoms with Crippen LogP contribution in [0.5, 0.6) is 0 Å². The minimum atomic E-state index is -3.10. The van der Waals surface area contributed by atoms with Crippen molar-refractivity contribution in [1.29, 1.82) is 0 Å². The van der Waals surface area contributed by atoms with Crippen LogP contribution in [0.15, 0.2) is 29.2 Å². The Morgan fingerprint density at radius 2 is 1.75 bits per heavy atom. The molecule has 0 aromatic heterocycles. The summed E-state index contributed by atoms with van der Waals surface area (Å²) >= 11 is 0. The van der Waals surface area contributed by atoms with E-state index in [4.69, 9.17) is 0 Å². The van der Waals surface area contributed by atoms with Gasteiger partial charge in [-0.05, 0) is 62.0 Å². The number of benzene rings is 1. The first-order valence-corrected chi connectivity index (χ1v) is 9.14. The summed E-state index contributed by atoms with van der Waals surface area (Å²) in [6.07, 6.45) is 5.01. The third kappa shape index (κ3) is 2.69. The molecule has 1 aromatic carbocycles. The third-order valence-electron chi connectivity index (χ3n) is 4.73. The highest BCUT2D eigenvalue weighted by molar-refractivity contribution is 7.90. The van der Waals surface area contributed by atoms with Gasteiger partial charge in [-0.25, -0.2) is 8.42 Å². The van der Waals surface area contributed by atoms with Crippen molar-refractivity contribution in [3.05, 3.63) is 24.3 Å². The van der Waals surface area contributed by atoms with Crippen LogP contribution in [0.2, 0.25) is 0 Å². The summed E-state index contributed by atoms with van der Waals surface area (Å²) in [6, 6.07) is 7.32. The second kappa shape index (κ2) is 5.04. The number of anilines is 1. The van der Waals surface area contributed by atoms with Crippen molar-refractivity contribution in [2.75, 3.05) is 37.3 Å². The van der Waals surface area contributed by atoms with Gasteiger partial charge in [-0.1, -0.05) is 0 Å². The summed E-state index contributed by atoms with van der Waals surface area (Å²) in [5.74, 6) is 0. The molecule has 5 heteroatoms. The molecule has 2 aliphatic rings. The van der Waals surface area contributed by atoms with E-state index < -0.39 is 9.84 Å². The highest BCUT2D eigenvalue weighted by atomic mass is 32.2. The topological polar surface area (TPSA) is 49.4 Å². The SMILES string of the molecule is CS(=O)(=O)c1ccc(N2CCC3(CCNCC3)C2)cc1. The van der Waals surface area contributed by atoms with Crippen LogP contribution >= 0.6 is 0 Å². The van der Waals surface area contributed by atoms with E-state index in [0.717, 1.165) is 31.9 Å². The van der Waals surface area contributed by atoms with Gasteiger partial charge >= 0.3 is 0 Å². The van der Waals surface area contributed by atoms with Crippen molar-refractivity contribution >= 4 is 15.5 Å². The van der Waals surface area contributed by atoms with Crippen molar-refractivity contribution in [2.45, 2.75) is 24.2 Å². The smallest absolute Gasteiger partial charge is 0.175 e. The van der Waals surface area contributed by atoms with Gasteiger partial charge in [0.1, 0.15) is 0 Å². The van der Waals surface area contributed by atoms with E-state index >= 15 is 0 Å². The first-order valence-electron chi connectivity index (χ1n) is 7.24. The zero-order valence-electron chi connectivity index (χ0n) is 11.9. The maximum atomic E-state index is 11.5. The first-order chi connectivity index (χ1) is 9.49.